The molecule has 0 spiro atoms. The molecule has 0 amide bonds. The van der Waals surface area contributed by atoms with Gasteiger partial charge in [-0.25, -0.2) is 0 Å². The van der Waals surface area contributed by atoms with Crippen molar-refractivity contribution in [2.45, 2.75) is 0 Å². The monoisotopic (exact) mass is 663 g/mol. The summed E-state index contributed by atoms with van der Waals surface area (Å²) >= 11 is 0. The standard InChI is InChI=1S/C50H33NO/c1-3-11-34(12-4-1)37-21-25-41(26-22-37)51(42-27-23-38(24-28-42)35-13-5-2-6-14-35)43-29-30-48-47(32-43)50-45-18-10-9-17-44(45)46(33-49(50)52-48)40-20-19-36-15-7-8-16-39(36)31-40/h1-33H. The molecular weight excluding hydrogens is 631 g/mol. The van der Waals surface area contributed by atoms with Crippen LogP contribution >= 0.6 is 0 Å². The topological polar surface area (TPSA) is 16.4 Å². The van der Waals surface area contributed by atoms with E-state index in [0.717, 1.165) is 39.0 Å². The van der Waals surface area contributed by atoms with Gasteiger partial charge >= 0.3 is 0 Å². The van der Waals surface area contributed by atoms with Crippen molar-refractivity contribution in [1.29, 1.82) is 0 Å². The lowest BCUT2D eigenvalue weighted by molar-refractivity contribution is 0.669. The number of hydrogen-bond acceptors (Lipinski definition) is 2. The molecule has 1 heterocycles. The molecule has 2 heteroatoms. The first-order chi connectivity index (χ1) is 25.8. The van der Waals surface area contributed by atoms with Gasteiger partial charge in [0.25, 0.3) is 0 Å². The average Bonchev–Trinajstić information content (AvgIpc) is 3.60. The molecule has 0 aliphatic heterocycles. The van der Waals surface area contributed by atoms with Crippen molar-refractivity contribution in [1.82, 2.24) is 0 Å². The first kappa shape index (κ1) is 30.0. The Bertz CT molecular complexity index is 2790. The smallest absolute Gasteiger partial charge is 0.136 e. The van der Waals surface area contributed by atoms with Gasteiger partial charge in [0.1, 0.15) is 11.2 Å². The van der Waals surface area contributed by atoms with Gasteiger partial charge in [-0.2, -0.15) is 0 Å². The second kappa shape index (κ2) is 12.5. The van der Waals surface area contributed by atoms with Crippen LogP contribution in [0.3, 0.4) is 0 Å². The Morgan fingerprint density at radius 3 is 1.48 bits per heavy atom. The Kier molecular flexibility index (Phi) is 7.18. The summed E-state index contributed by atoms with van der Waals surface area (Å²) in [5.74, 6) is 0. The van der Waals surface area contributed by atoms with Gasteiger partial charge in [-0.3, -0.25) is 0 Å². The highest BCUT2D eigenvalue weighted by molar-refractivity contribution is 6.22. The SMILES string of the molecule is c1ccc(-c2ccc(N(c3ccc(-c4ccccc4)cc3)c3ccc4oc5cc(-c6ccc7ccccc7c6)c6ccccc6c5c4c3)cc2)cc1. The summed E-state index contributed by atoms with van der Waals surface area (Å²) in [5, 5.41) is 7.10. The molecule has 0 atom stereocenters. The van der Waals surface area contributed by atoms with Gasteiger partial charge in [-0.1, -0.05) is 146 Å². The third kappa shape index (κ3) is 5.21. The van der Waals surface area contributed by atoms with Crippen LogP contribution in [-0.2, 0) is 0 Å². The third-order valence-corrected chi connectivity index (χ3v) is 10.2. The summed E-state index contributed by atoms with van der Waals surface area (Å²) in [6.45, 7) is 0. The van der Waals surface area contributed by atoms with Gasteiger partial charge in [-0.05, 0) is 110 Å². The van der Waals surface area contributed by atoms with Crippen molar-refractivity contribution in [3.8, 4) is 33.4 Å². The molecule has 2 nitrogen and oxygen atoms in total. The van der Waals surface area contributed by atoms with E-state index in [0.29, 0.717) is 0 Å². The molecule has 52 heavy (non-hydrogen) atoms. The molecular formula is C50H33NO. The zero-order valence-corrected chi connectivity index (χ0v) is 28.4. The van der Waals surface area contributed by atoms with Crippen LogP contribution in [0.4, 0.5) is 17.1 Å². The van der Waals surface area contributed by atoms with E-state index in [1.54, 1.807) is 0 Å². The van der Waals surface area contributed by atoms with Crippen LogP contribution in [0.25, 0.3) is 76.9 Å². The van der Waals surface area contributed by atoms with E-state index in [4.69, 9.17) is 4.42 Å². The van der Waals surface area contributed by atoms with Gasteiger partial charge in [0.15, 0.2) is 0 Å². The molecule has 0 fully saturated rings. The van der Waals surface area contributed by atoms with Gasteiger partial charge in [0.2, 0.25) is 0 Å². The molecule has 10 aromatic rings. The van der Waals surface area contributed by atoms with Gasteiger partial charge in [0, 0.05) is 27.8 Å². The van der Waals surface area contributed by atoms with Crippen LogP contribution in [0.1, 0.15) is 0 Å². The number of anilines is 3. The molecule has 0 unspecified atom stereocenters. The molecule has 9 aromatic carbocycles. The fraction of sp³-hybridized carbons (Fsp3) is 0. The summed E-state index contributed by atoms with van der Waals surface area (Å²) < 4.78 is 6.67. The molecule has 0 aliphatic rings. The first-order valence-corrected chi connectivity index (χ1v) is 17.8. The van der Waals surface area contributed by atoms with Crippen LogP contribution in [0.15, 0.2) is 205 Å². The Morgan fingerprint density at radius 2 is 0.827 bits per heavy atom. The van der Waals surface area contributed by atoms with Crippen molar-refractivity contribution in [2.24, 2.45) is 0 Å². The minimum absolute atomic E-state index is 0.873. The highest BCUT2D eigenvalue weighted by Crippen LogP contribution is 2.44. The van der Waals surface area contributed by atoms with Crippen molar-refractivity contribution < 1.29 is 4.42 Å². The van der Waals surface area contributed by atoms with Crippen molar-refractivity contribution >= 4 is 60.5 Å². The van der Waals surface area contributed by atoms with Crippen LogP contribution < -0.4 is 4.90 Å². The Balaban J connectivity index is 1.14. The maximum atomic E-state index is 6.67. The molecule has 10 rings (SSSR count). The van der Waals surface area contributed by atoms with E-state index < -0.39 is 0 Å². The maximum absolute atomic E-state index is 6.67. The Labute approximate surface area is 302 Å². The second-order valence-corrected chi connectivity index (χ2v) is 13.3. The number of rotatable bonds is 6. The van der Waals surface area contributed by atoms with Gasteiger partial charge in [-0.15, -0.1) is 0 Å². The normalized spacial score (nSPS) is 11.5. The predicted octanol–water partition coefficient (Wildman–Crippen LogP) is 14.4. The number of hydrogen-bond donors (Lipinski definition) is 0. The predicted molar refractivity (Wildman–Crippen MR) is 220 cm³/mol. The first-order valence-electron chi connectivity index (χ1n) is 17.8. The van der Waals surface area contributed by atoms with E-state index in [9.17, 15) is 0 Å². The number of furan rings is 1. The van der Waals surface area contributed by atoms with Crippen LogP contribution in [0, 0.1) is 0 Å². The minimum atomic E-state index is 0.873. The van der Waals surface area contributed by atoms with Crippen molar-refractivity contribution in [3.05, 3.63) is 200 Å². The molecule has 1 aromatic heterocycles. The third-order valence-electron chi connectivity index (χ3n) is 10.2. The highest BCUT2D eigenvalue weighted by atomic mass is 16.3. The molecule has 0 saturated carbocycles. The van der Waals surface area contributed by atoms with E-state index in [1.807, 2.05) is 0 Å². The van der Waals surface area contributed by atoms with E-state index in [1.165, 1.54) is 54.9 Å². The highest BCUT2D eigenvalue weighted by Gasteiger charge is 2.19. The number of fused-ring (bicyclic) bond motifs is 6. The Hall–Kier alpha value is -6.90. The lowest BCUT2D eigenvalue weighted by Crippen LogP contribution is -2.09. The van der Waals surface area contributed by atoms with Gasteiger partial charge < -0.3 is 9.32 Å². The summed E-state index contributed by atoms with van der Waals surface area (Å²) in [7, 11) is 0. The lowest BCUT2D eigenvalue weighted by atomic mass is 9.93. The quantitative estimate of drug-likeness (QED) is 0.176. The number of benzene rings is 9. The molecule has 0 radical (unpaired) electrons. The fourth-order valence-corrected chi connectivity index (χ4v) is 7.68. The van der Waals surface area contributed by atoms with Crippen LogP contribution in [0.5, 0.6) is 0 Å². The van der Waals surface area contributed by atoms with E-state index >= 15 is 0 Å². The minimum Gasteiger partial charge on any atom is -0.456 e. The zero-order chi connectivity index (χ0) is 34.4. The van der Waals surface area contributed by atoms with E-state index in [-0.39, 0.29) is 0 Å². The summed E-state index contributed by atoms with van der Waals surface area (Å²) in [4.78, 5) is 2.34. The zero-order valence-electron chi connectivity index (χ0n) is 28.4. The summed E-state index contributed by atoms with van der Waals surface area (Å²) in [6, 6.07) is 71.6. The van der Waals surface area contributed by atoms with Crippen LogP contribution in [0.2, 0.25) is 0 Å². The number of nitrogens with zero attached hydrogens (tertiary/aromatic N) is 1. The summed E-state index contributed by atoms with van der Waals surface area (Å²) in [5.41, 5.74) is 12.1. The Morgan fingerprint density at radius 1 is 0.308 bits per heavy atom. The van der Waals surface area contributed by atoms with Crippen molar-refractivity contribution in [3.63, 3.8) is 0 Å². The van der Waals surface area contributed by atoms with Gasteiger partial charge in [0.05, 0.1) is 0 Å². The van der Waals surface area contributed by atoms with Crippen molar-refractivity contribution in [2.75, 3.05) is 4.90 Å². The molecule has 0 aliphatic carbocycles. The maximum Gasteiger partial charge on any atom is 0.136 e. The molecule has 0 saturated heterocycles. The summed E-state index contributed by atoms with van der Waals surface area (Å²) in [6.07, 6.45) is 0. The van der Waals surface area contributed by atoms with E-state index in [2.05, 4.69) is 205 Å². The molecule has 244 valence electrons. The molecule has 0 bridgehead atoms. The fourth-order valence-electron chi connectivity index (χ4n) is 7.68. The average molecular weight is 664 g/mol. The second-order valence-electron chi connectivity index (χ2n) is 13.3. The van der Waals surface area contributed by atoms with Crippen LogP contribution in [-0.4, -0.2) is 0 Å². The largest absolute Gasteiger partial charge is 0.456 e. The lowest BCUT2D eigenvalue weighted by Gasteiger charge is -2.26. The molecule has 0 N–H and O–H groups in total.